The lowest BCUT2D eigenvalue weighted by atomic mass is 9.93. The fourth-order valence-electron chi connectivity index (χ4n) is 2.45. The Labute approximate surface area is 152 Å². The highest BCUT2D eigenvalue weighted by molar-refractivity contribution is 6.03. The summed E-state index contributed by atoms with van der Waals surface area (Å²) in [5.41, 5.74) is 2.36. The first-order chi connectivity index (χ1) is 12.3. The van der Waals surface area contributed by atoms with Crippen LogP contribution >= 0.6 is 0 Å². The van der Waals surface area contributed by atoms with Gasteiger partial charge < -0.3 is 14.8 Å². The van der Waals surface area contributed by atoms with Crippen LogP contribution in [0.5, 0.6) is 11.5 Å². The van der Waals surface area contributed by atoms with E-state index in [0.717, 1.165) is 5.69 Å². The number of carbonyl (C=O) groups is 1. The van der Waals surface area contributed by atoms with E-state index in [0.29, 0.717) is 22.8 Å². The molecule has 1 amide bonds. The molecule has 0 aliphatic rings. The van der Waals surface area contributed by atoms with E-state index in [9.17, 15) is 4.79 Å². The number of anilines is 1. The van der Waals surface area contributed by atoms with Gasteiger partial charge in [0.25, 0.3) is 5.91 Å². The van der Waals surface area contributed by atoms with E-state index < -0.39 is 0 Å². The molecule has 0 bridgehead atoms. The Balaban J connectivity index is 1.88. The van der Waals surface area contributed by atoms with E-state index in [1.54, 1.807) is 42.0 Å². The molecule has 2 aromatic heterocycles. The predicted octanol–water partition coefficient (Wildman–Crippen LogP) is 3.30. The lowest BCUT2D eigenvalue weighted by molar-refractivity contribution is 0.102. The van der Waals surface area contributed by atoms with Crippen LogP contribution in [-0.2, 0) is 5.41 Å². The highest BCUT2D eigenvalue weighted by atomic mass is 16.5. The molecule has 7 heteroatoms. The number of ether oxygens (including phenoxy) is 2. The number of amides is 1. The third kappa shape index (κ3) is 3.46. The van der Waals surface area contributed by atoms with Crippen LogP contribution in [0.2, 0.25) is 0 Å². The van der Waals surface area contributed by atoms with Crippen LogP contribution in [0.25, 0.3) is 5.65 Å². The number of nitrogens with one attached hydrogen (secondary N) is 1. The molecule has 0 radical (unpaired) electrons. The average Bonchev–Trinajstić information content (AvgIpc) is 3.05. The number of aromatic nitrogens is 3. The summed E-state index contributed by atoms with van der Waals surface area (Å²) in [6.07, 6.45) is 1.85. The fraction of sp³-hybridized carbons (Fsp3) is 0.316. The predicted molar refractivity (Wildman–Crippen MR) is 99.2 cm³/mol. The first-order valence-corrected chi connectivity index (χ1v) is 8.22. The summed E-state index contributed by atoms with van der Waals surface area (Å²) >= 11 is 0. The molecule has 3 aromatic rings. The number of rotatable bonds is 4. The van der Waals surface area contributed by atoms with Gasteiger partial charge in [0, 0.05) is 11.5 Å². The number of hydrogen-bond acceptors (Lipinski definition) is 5. The molecule has 0 spiro atoms. The molecule has 136 valence electrons. The maximum Gasteiger partial charge on any atom is 0.276 e. The van der Waals surface area contributed by atoms with E-state index in [1.807, 2.05) is 6.20 Å². The van der Waals surface area contributed by atoms with Crippen molar-refractivity contribution in [2.75, 3.05) is 19.5 Å². The number of imidazole rings is 1. The average molecular weight is 354 g/mol. The number of benzene rings is 1. The molecular formula is C19H22N4O3. The lowest BCUT2D eigenvalue weighted by Gasteiger charge is -2.13. The monoisotopic (exact) mass is 354 g/mol. The first-order valence-electron chi connectivity index (χ1n) is 8.22. The Bertz CT molecular complexity index is 957. The van der Waals surface area contributed by atoms with Gasteiger partial charge in [-0.15, -0.1) is 0 Å². The van der Waals surface area contributed by atoms with Crippen molar-refractivity contribution in [1.82, 2.24) is 14.6 Å². The topological polar surface area (TPSA) is 77.8 Å². The van der Waals surface area contributed by atoms with Crippen molar-refractivity contribution in [2.45, 2.75) is 26.2 Å². The van der Waals surface area contributed by atoms with Crippen LogP contribution in [0, 0.1) is 0 Å². The van der Waals surface area contributed by atoms with Crippen LogP contribution < -0.4 is 14.8 Å². The molecule has 3 rings (SSSR count). The zero-order valence-electron chi connectivity index (χ0n) is 15.5. The summed E-state index contributed by atoms with van der Waals surface area (Å²) in [5, 5.41) is 7.19. The quantitative estimate of drug-likeness (QED) is 0.778. The van der Waals surface area contributed by atoms with Crippen molar-refractivity contribution in [2.24, 2.45) is 0 Å². The highest BCUT2D eigenvalue weighted by Gasteiger charge is 2.19. The van der Waals surface area contributed by atoms with E-state index in [2.05, 4.69) is 36.2 Å². The van der Waals surface area contributed by atoms with Gasteiger partial charge in [-0.2, -0.15) is 5.10 Å². The maximum absolute atomic E-state index is 12.6. The van der Waals surface area contributed by atoms with Gasteiger partial charge in [-0.3, -0.25) is 4.79 Å². The number of hydrogen-bond donors (Lipinski definition) is 1. The van der Waals surface area contributed by atoms with Gasteiger partial charge in [-0.25, -0.2) is 9.50 Å². The smallest absolute Gasteiger partial charge is 0.276 e. The zero-order valence-corrected chi connectivity index (χ0v) is 15.5. The molecule has 0 aliphatic carbocycles. The van der Waals surface area contributed by atoms with Crippen molar-refractivity contribution in [3.8, 4) is 11.5 Å². The Morgan fingerprint density at radius 3 is 2.54 bits per heavy atom. The number of methoxy groups -OCH3 is 2. The fourth-order valence-corrected chi connectivity index (χ4v) is 2.45. The molecule has 0 aliphatic heterocycles. The summed E-state index contributed by atoms with van der Waals surface area (Å²) in [4.78, 5) is 17.1. The van der Waals surface area contributed by atoms with Crippen molar-refractivity contribution in [3.63, 3.8) is 0 Å². The van der Waals surface area contributed by atoms with Crippen LogP contribution in [0.3, 0.4) is 0 Å². The third-order valence-electron chi connectivity index (χ3n) is 3.98. The number of fused-ring (bicyclic) bond motifs is 1. The zero-order chi connectivity index (χ0) is 18.9. The molecule has 0 unspecified atom stereocenters. The van der Waals surface area contributed by atoms with Gasteiger partial charge in [0.1, 0.15) is 17.2 Å². The Morgan fingerprint density at radius 2 is 1.88 bits per heavy atom. The van der Waals surface area contributed by atoms with E-state index >= 15 is 0 Å². The molecule has 0 fully saturated rings. The van der Waals surface area contributed by atoms with Crippen molar-refractivity contribution in [3.05, 3.63) is 47.9 Å². The summed E-state index contributed by atoms with van der Waals surface area (Å²) in [7, 11) is 3.11. The summed E-state index contributed by atoms with van der Waals surface area (Å²) in [6, 6.07) is 8.61. The van der Waals surface area contributed by atoms with Crippen molar-refractivity contribution in [1.29, 1.82) is 0 Å². The lowest BCUT2D eigenvalue weighted by Crippen LogP contribution is -2.15. The Hall–Kier alpha value is -3.09. The second-order valence-corrected chi connectivity index (χ2v) is 6.92. The molecule has 7 nitrogen and oxygen atoms in total. The van der Waals surface area contributed by atoms with Gasteiger partial charge in [-0.1, -0.05) is 20.8 Å². The van der Waals surface area contributed by atoms with Gasteiger partial charge in [-0.05, 0) is 24.3 Å². The summed E-state index contributed by atoms with van der Waals surface area (Å²) in [5.74, 6) is 0.824. The number of carbonyl (C=O) groups excluding carboxylic acids is 1. The molecule has 2 heterocycles. The first kappa shape index (κ1) is 17.7. The maximum atomic E-state index is 12.6. The summed E-state index contributed by atoms with van der Waals surface area (Å²) in [6.45, 7) is 6.25. The SMILES string of the molecule is COc1ccc(NC(=O)c2ccc3nc(C(C)(C)C)cn3n2)c(OC)c1. The van der Waals surface area contributed by atoms with Gasteiger partial charge >= 0.3 is 0 Å². The standard InChI is InChI=1S/C19H22N4O3/c1-19(2,3)16-11-23-17(21-16)9-8-14(22-23)18(24)20-13-7-6-12(25-4)10-15(13)26-5/h6-11H,1-5H3,(H,20,24). The molecular weight excluding hydrogens is 332 g/mol. The van der Waals surface area contributed by atoms with Crippen molar-refractivity contribution >= 4 is 17.2 Å². The minimum Gasteiger partial charge on any atom is -0.497 e. The minimum atomic E-state index is -0.332. The van der Waals surface area contributed by atoms with Crippen LogP contribution in [0.15, 0.2) is 36.5 Å². The second kappa shape index (κ2) is 6.67. The molecule has 0 saturated heterocycles. The highest BCUT2D eigenvalue weighted by Crippen LogP contribution is 2.29. The summed E-state index contributed by atoms with van der Waals surface area (Å²) < 4.78 is 12.1. The molecule has 0 saturated carbocycles. The van der Waals surface area contributed by atoms with Crippen LogP contribution in [0.4, 0.5) is 5.69 Å². The molecule has 0 atom stereocenters. The molecule has 26 heavy (non-hydrogen) atoms. The minimum absolute atomic E-state index is 0.0907. The normalized spacial score (nSPS) is 11.4. The molecule has 1 aromatic carbocycles. The van der Waals surface area contributed by atoms with Crippen LogP contribution in [-0.4, -0.2) is 34.7 Å². The third-order valence-corrected chi connectivity index (χ3v) is 3.98. The van der Waals surface area contributed by atoms with E-state index in [4.69, 9.17) is 9.47 Å². The van der Waals surface area contributed by atoms with Crippen LogP contribution in [0.1, 0.15) is 37.0 Å². The van der Waals surface area contributed by atoms with Crippen molar-refractivity contribution < 1.29 is 14.3 Å². The largest absolute Gasteiger partial charge is 0.497 e. The van der Waals surface area contributed by atoms with Gasteiger partial charge in [0.15, 0.2) is 5.65 Å². The van der Waals surface area contributed by atoms with E-state index in [1.165, 1.54) is 7.11 Å². The van der Waals surface area contributed by atoms with E-state index in [-0.39, 0.29) is 17.0 Å². The Kier molecular flexibility index (Phi) is 4.54. The van der Waals surface area contributed by atoms with Gasteiger partial charge in [0.05, 0.1) is 31.8 Å². The molecule has 1 N–H and O–H groups in total. The Morgan fingerprint density at radius 1 is 1.12 bits per heavy atom. The number of nitrogens with zero attached hydrogens (tertiary/aromatic N) is 3. The van der Waals surface area contributed by atoms with Gasteiger partial charge in [0.2, 0.25) is 0 Å². The second-order valence-electron chi connectivity index (χ2n) is 6.92.